The Hall–Kier alpha value is -0.685. The summed E-state index contributed by atoms with van der Waals surface area (Å²) in [5, 5.41) is 1.01. The zero-order chi connectivity index (χ0) is 8.97. The molecule has 0 amide bonds. The van der Waals surface area contributed by atoms with E-state index >= 15 is 0 Å². The molecule has 1 aromatic carbocycles. The molecule has 0 N–H and O–H groups in total. The molecule has 0 aliphatic heterocycles. The normalized spacial score (nSPS) is 10.5. The zero-order valence-electron chi connectivity index (χ0n) is 7.13. The molecule has 1 atom stereocenters. The van der Waals surface area contributed by atoms with Gasteiger partial charge in [-0.2, -0.15) is 0 Å². The zero-order valence-corrected chi connectivity index (χ0v) is 8.13. The van der Waals surface area contributed by atoms with Gasteiger partial charge in [0.15, 0.2) is 0 Å². The average molecular weight is 180 g/mol. The van der Waals surface area contributed by atoms with Crippen molar-refractivity contribution in [2.24, 2.45) is 0 Å². The molecule has 1 rings (SSSR count). The van der Waals surface area contributed by atoms with E-state index in [-0.39, 0.29) is 8.46 Å². The van der Waals surface area contributed by atoms with Gasteiger partial charge in [-0.25, -0.2) is 0 Å². The second-order valence-electron chi connectivity index (χ2n) is 2.21. The van der Waals surface area contributed by atoms with Crippen LogP contribution < -0.4 is 14.8 Å². The Kier molecular flexibility index (Phi) is 3.42. The first-order chi connectivity index (χ1) is 5.81. The summed E-state index contributed by atoms with van der Waals surface area (Å²) in [6.45, 7) is 0. The van der Waals surface area contributed by atoms with E-state index in [1.807, 2.05) is 18.2 Å². The Bertz CT molecular complexity index is 265. The van der Waals surface area contributed by atoms with Crippen molar-refractivity contribution in [1.82, 2.24) is 0 Å². The maximum atomic E-state index is 5.52. The predicted molar refractivity (Wildman–Crippen MR) is 53.2 cm³/mol. The minimum absolute atomic E-state index is 0.253. The topological polar surface area (TPSA) is 18.5 Å². The highest BCUT2D eigenvalue weighted by Gasteiger charge is 2.01. The largest absolute Gasteiger partial charge is 0.497 e. The Balaban J connectivity index is 3.02. The number of benzene rings is 1. The van der Waals surface area contributed by atoms with Gasteiger partial charge in [0.05, 0.1) is 14.2 Å². The van der Waals surface area contributed by atoms with Crippen LogP contribution in [0.1, 0.15) is 0 Å². The van der Waals surface area contributed by atoms with Gasteiger partial charge in [0.1, 0.15) is 19.1 Å². The highest BCUT2D eigenvalue weighted by molar-refractivity contribution is 7.73. The maximum absolute atomic E-state index is 5.52. The molecule has 62 valence electrons. The van der Waals surface area contributed by atoms with Gasteiger partial charge >= 0.3 is 0 Å². The summed E-state index contributed by atoms with van der Waals surface area (Å²) >= 11 is 0. The first-order valence-electron chi connectivity index (χ1n) is 3.50. The van der Waals surface area contributed by atoms with Crippen molar-refractivity contribution < 1.29 is 9.47 Å². The standard InChI is InChI=1S/C8H10BO2P/c1-10-6-3-4-8(12-9)7(5-6)11-2/h3-5,12H,1-2H3. The molecule has 2 nitrogen and oxygen atoms in total. The van der Waals surface area contributed by atoms with Gasteiger partial charge < -0.3 is 9.47 Å². The summed E-state index contributed by atoms with van der Waals surface area (Å²) in [7, 11) is 9.03. The van der Waals surface area contributed by atoms with Crippen LogP contribution in [0.5, 0.6) is 11.5 Å². The van der Waals surface area contributed by atoms with Crippen molar-refractivity contribution >= 4 is 21.3 Å². The third-order valence-corrected chi connectivity index (χ3v) is 2.29. The highest BCUT2D eigenvalue weighted by Crippen LogP contribution is 2.21. The fourth-order valence-corrected chi connectivity index (χ4v) is 1.41. The fraction of sp³-hybridized carbons (Fsp3) is 0.250. The fourth-order valence-electron chi connectivity index (χ4n) is 0.918. The van der Waals surface area contributed by atoms with E-state index in [1.165, 1.54) is 0 Å². The molecule has 0 aliphatic rings. The lowest BCUT2D eigenvalue weighted by molar-refractivity contribution is 0.396. The van der Waals surface area contributed by atoms with Crippen LogP contribution in [-0.4, -0.2) is 21.8 Å². The number of methoxy groups -OCH3 is 2. The van der Waals surface area contributed by atoms with Crippen molar-refractivity contribution in [2.45, 2.75) is 0 Å². The highest BCUT2D eigenvalue weighted by atomic mass is 31.1. The third-order valence-electron chi connectivity index (χ3n) is 1.56. The van der Waals surface area contributed by atoms with Gasteiger partial charge in [-0.1, -0.05) is 0 Å². The number of hydrogen-bond donors (Lipinski definition) is 0. The summed E-state index contributed by atoms with van der Waals surface area (Å²) in [4.78, 5) is 0. The van der Waals surface area contributed by atoms with Gasteiger partial charge in [0.25, 0.3) is 0 Å². The van der Waals surface area contributed by atoms with E-state index in [0.717, 1.165) is 16.8 Å². The average Bonchev–Trinajstić information content (AvgIpc) is 2.16. The van der Waals surface area contributed by atoms with E-state index in [4.69, 9.17) is 17.0 Å². The van der Waals surface area contributed by atoms with Crippen LogP contribution in [0.25, 0.3) is 0 Å². The summed E-state index contributed by atoms with van der Waals surface area (Å²) in [5.74, 6) is 1.57. The lowest BCUT2D eigenvalue weighted by Crippen LogP contribution is -2.00. The first kappa shape index (κ1) is 9.40. The molecule has 0 fully saturated rings. The summed E-state index contributed by atoms with van der Waals surface area (Å²) in [6.07, 6.45) is 0. The quantitative estimate of drug-likeness (QED) is 0.511. The SMILES string of the molecule is [B]Pc1ccc(OC)cc1OC. The molecule has 0 heterocycles. The molecule has 12 heavy (non-hydrogen) atoms. The third kappa shape index (κ3) is 1.92. The Morgan fingerprint density at radius 3 is 2.50 bits per heavy atom. The van der Waals surface area contributed by atoms with Crippen molar-refractivity contribution in [3.8, 4) is 11.5 Å². The van der Waals surface area contributed by atoms with Crippen LogP contribution in [0.2, 0.25) is 0 Å². The Morgan fingerprint density at radius 1 is 1.25 bits per heavy atom. The molecule has 0 saturated carbocycles. The first-order valence-corrected chi connectivity index (χ1v) is 4.58. The maximum Gasteiger partial charge on any atom is 0.129 e. The number of rotatable bonds is 3. The summed E-state index contributed by atoms with van der Waals surface area (Å²) in [5.41, 5.74) is 0. The summed E-state index contributed by atoms with van der Waals surface area (Å²) in [6, 6.07) is 5.61. The van der Waals surface area contributed by atoms with Crippen molar-refractivity contribution in [2.75, 3.05) is 14.2 Å². The van der Waals surface area contributed by atoms with Crippen molar-refractivity contribution in [1.29, 1.82) is 0 Å². The molecule has 0 bridgehead atoms. The number of hydrogen-bond acceptors (Lipinski definition) is 2. The van der Waals surface area contributed by atoms with E-state index in [0.29, 0.717) is 0 Å². The molecule has 0 aliphatic carbocycles. The predicted octanol–water partition coefficient (Wildman–Crippen LogP) is 1.09. The lowest BCUT2D eigenvalue weighted by Gasteiger charge is -2.08. The van der Waals surface area contributed by atoms with Gasteiger partial charge in [0.2, 0.25) is 0 Å². The van der Waals surface area contributed by atoms with Crippen LogP contribution in [0.3, 0.4) is 0 Å². The molecule has 2 radical (unpaired) electrons. The number of ether oxygens (including phenoxy) is 2. The van der Waals surface area contributed by atoms with Crippen LogP contribution in [0.4, 0.5) is 0 Å². The van der Waals surface area contributed by atoms with Gasteiger partial charge in [-0.3, -0.25) is 0 Å². The van der Waals surface area contributed by atoms with Crippen LogP contribution >= 0.6 is 8.46 Å². The minimum Gasteiger partial charge on any atom is -0.497 e. The lowest BCUT2D eigenvalue weighted by atomic mass is 10.3. The Labute approximate surface area is 75.4 Å². The molecule has 1 aromatic rings. The van der Waals surface area contributed by atoms with E-state index in [9.17, 15) is 0 Å². The molecule has 0 aromatic heterocycles. The second kappa shape index (κ2) is 4.37. The van der Waals surface area contributed by atoms with E-state index < -0.39 is 0 Å². The summed E-state index contributed by atoms with van der Waals surface area (Å²) < 4.78 is 10.2. The molecule has 0 saturated heterocycles. The Morgan fingerprint density at radius 2 is 2.00 bits per heavy atom. The molecular weight excluding hydrogens is 170 g/mol. The molecule has 1 unspecified atom stereocenters. The van der Waals surface area contributed by atoms with Crippen LogP contribution in [0.15, 0.2) is 18.2 Å². The van der Waals surface area contributed by atoms with E-state index in [2.05, 4.69) is 0 Å². The molecule has 4 heteroatoms. The molecule has 0 spiro atoms. The molecular formula is C8H10BO2P. The van der Waals surface area contributed by atoms with Crippen LogP contribution in [0, 0.1) is 0 Å². The van der Waals surface area contributed by atoms with Crippen molar-refractivity contribution in [3.05, 3.63) is 18.2 Å². The second-order valence-corrected chi connectivity index (χ2v) is 3.04. The van der Waals surface area contributed by atoms with Gasteiger partial charge in [-0.05, 0) is 12.1 Å². The minimum atomic E-state index is 0.253. The van der Waals surface area contributed by atoms with E-state index in [1.54, 1.807) is 14.2 Å². The van der Waals surface area contributed by atoms with Crippen molar-refractivity contribution in [3.63, 3.8) is 0 Å². The smallest absolute Gasteiger partial charge is 0.129 e. The monoisotopic (exact) mass is 180 g/mol. The van der Waals surface area contributed by atoms with Gasteiger partial charge in [-0.15, -0.1) is 8.46 Å². The van der Waals surface area contributed by atoms with Crippen LogP contribution in [-0.2, 0) is 0 Å². The van der Waals surface area contributed by atoms with Gasteiger partial charge in [0, 0.05) is 11.4 Å².